The van der Waals surface area contributed by atoms with Crippen LogP contribution in [0.15, 0.2) is 66.7 Å². The summed E-state index contributed by atoms with van der Waals surface area (Å²) in [6, 6.07) is 23.0. The lowest BCUT2D eigenvalue weighted by molar-refractivity contribution is 0.488. The Morgan fingerprint density at radius 3 is 1.90 bits per heavy atom. The zero-order chi connectivity index (χ0) is 13.5. The minimum Gasteiger partial charge on any atom is -0.456 e. The average Bonchev–Trinajstić information content (AvgIpc) is 2.61. The van der Waals surface area contributed by atoms with Crippen LogP contribution in [0.1, 0.15) is 5.56 Å². The molecule has 1 nitrogen and oxygen atoms in total. The molecule has 0 radical (unpaired) electrons. The maximum atomic E-state index is 6.12. The van der Waals surface area contributed by atoms with Gasteiger partial charge in [-0.25, -0.2) is 0 Å². The summed E-state index contributed by atoms with van der Waals surface area (Å²) < 4.78 is 6.12. The molecule has 1 aliphatic rings. The Labute approximate surface area is 118 Å². The predicted octanol–water partition coefficient (Wildman–Crippen LogP) is 5.43. The van der Waals surface area contributed by atoms with Crippen LogP contribution < -0.4 is 4.74 Å². The molecule has 1 heterocycles. The van der Waals surface area contributed by atoms with E-state index in [1.54, 1.807) is 0 Å². The lowest BCUT2D eigenvalue weighted by Crippen LogP contribution is -1.84. The van der Waals surface area contributed by atoms with Gasteiger partial charge >= 0.3 is 0 Å². The molecular weight excluding hydrogens is 244 g/mol. The molecule has 0 bridgehead atoms. The first kappa shape index (κ1) is 11.3. The lowest BCUT2D eigenvalue weighted by atomic mass is 9.93. The van der Waals surface area contributed by atoms with Crippen LogP contribution in [0.3, 0.4) is 0 Å². The summed E-state index contributed by atoms with van der Waals surface area (Å²) in [7, 11) is 0. The third-order valence-corrected chi connectivity index (χ3v) is 3.75. The Morgan fingerprint density at radius 1 is 0.600 bits per heavy atom. The number of hydrogen-bond donors (Lipinski definition) is 0. The molecule has 1 aliphatic heterocycles. The molecule has 20 heavy (non-hydrogen) atoms. The molecule has 0 fully saturated rings. The normalized spacial score (nSPS) is 11.7. The fourth-order valence-corrected chi connectivity index (χ4v) is 2.79. The SMILES string of the molecule is Cc1ccc2c(c1)-c1ccccc1Oc1ccccc1-2. The van der Waals surface area contributed by atoms with Gasteiger partial charge in [-0.2, -0.15) is 0 Å². The van der Waals surface area contributed by atoms with Crippen LogP contribution in [0.2, 0.25) is 0 Å². The van der Waals surface area contributed by atoms with Crippen molar-refractivity contribution in [3.8, 4) is 33.8 Å². The van der Waals surface area contributed by atoms with Gasteiger partial charge in [-0.15, -0.1) is 0 Å². The molecule has 0 unspecified atom stereocenters. The van der Waals surface area contributed by atoms with Gasteiger partial charge in [-0.1, -0.05) is 60.2 Å². The first-order valence-corrected chi connectivity index (χ1v) is 6.80. The first-order chi connectivity index (χ1) is 9.83. The maximum absolute atomic E-state index is 6.12. The molecule has 0 saturated carbocycles. The second kappa shape index (κ2) is 4.24. The molecule has 0 spiro atoms. The van der Waals surface area contributed by atoms with Gasteiger partial charge in [-0.05, 0) is 30.2 Å². The summed E-state index contributed by atoms with van der Waals surface area (Å²) >= 11 is 0. The van der Waals surface area contributed by atoms with Gasteiger partial charge in [0.05, 0.1) is 0 Å². The van der Waals surface area contributed by atoms with Crippen molar-refractivity contribution in [1.29, 1.82) is 0 Å². The smallest absolute Gasteiger partial charge is 0.135 e. The van der Waals surface area contributed by atoms with Crippen LogP contribution in [-0.2, 0) is 0 Å². The Morgan fingerprint density at radius 2 is 1.20 bits per heavy atom. The zero-order valence-electron chi connectivity index (χ0n) is 11.3. The minimum atomic E-state index is 0.919. The number of benzene rings is 3. The van der Waals surface area contributed by atoms with Gasteiger partial charge in [0, 0.05) is 11.1 Å². The summed E-state index contributed by atoms with van der Waals surface area (Å²) in [6.45, 7) is 2.13. The number of rotatable bonds is 0. The molecule has 0 N–H and O–H groups in total. The van der Waals surface area contributed by atoms with Crippen LogP contribution in [0.4, 0.5) is 0 Å². The van der Waals surface area contributed by atoms with Crippen LogP contribution in [0.25, 0.3) is 22.3 Å². The molecule has 0 aromatic heterocycles. The van der Waals surface area contributed by atoms with E-state index in [0.29, 0.717) is 0 Å². The number of aryl methyl sites for hydroxylation is 1. The summed E-state index contributed by atoms with van der Waals surface area (Å²) in [4.78, 5) is 0. The van der Waals surface area contributed by atoms with Gasteiger partial charge in [0.25, 0.3) is 0 Å². The third kappa shape index (κ3) is 1.64. The van der Waals surface area contributed by atoms with Crippen LogP contribution >= 0.6 is 0 Å². The van der Waals surface area contributed by atoms with E-state index in [4.69, 9.17) is 4.74 Å². The van der Waals surface area contributed by atoms with Crippen molar-refractivity contribution in [3.05, 3.63) is 72.3 Å². The Bertz CT molecular complexity index is 802. The number of fused-ring (bicyclic) bond motifs is 5. The Kier molecular flexibility index (Phi) is 2.40. The topological polar surface area (TPSA) is 9.23 Å². The fourth-order valence-electron chi connectivity index (χ4n) is 2.79. The van der Waals surface area contributed by atoms with E-state index in [1.165, 1.54) is 16.7 Å². The number of para-hydroxylation sites is 2. The van der Waals surface area contributed by atoms with Gasteiger partial charge in [0.2, 0.25) is 0 Å². The van der Waals surface area contributed by atoms with E-state index in [0.717, 1.165) is 22.6 Å². The summed E-state index contributed by atoms with van der Waals surface area (Å²) in [5, 5.41) is 0. The molecule has 0 saturated heterocycles. The van der Waals surface area contributed by atoms with Crippen molar-refractivity contribution in [1.82, 2.24) is 0 Å². The molecule has 96 valence electrons. The molecule has 0 aliphatic carbocycles. The highest BCUT2D eigenvalue weighted by atomic mass is 16.5. The van der Waals surface area contributed by atoms with Crippen molar-refractivity contribution in [2.45, 2.75) is 6.92 Å². The fraction of sp³-hybridized carbons (Fsp3) is 0.0526. The summed E-state index contributed by atoms with van der Waals surface area (Å²) in [5.41, 5.74) is 6.04. The van der Waals surface area contributed by atoms with Gasteiger partial charge in [0.15, 0.2) is 0 Å². The molecule has 3 aromatic carbocycles. The highest BCUT2D eigenvalue weighted by molar-refractivity contribution is 5.90. The van der Waals surface area contributed by atoms with Crippen molar-refractivity contribution in [2.75, 3.05) is 0 Å². The van der Waals surface area contributed by atoms with Crippen molar-refractivity contribution in [3.63, 3.8) is 0 Å². The Balaban J connectivity index is 2.13. The van der Waals surface area contributed by atoms with Crippen molar-refractivity contribution < 1.29 is 4.74 Å². The van der Waals surface area contributed by atoms with Crippen molar-refractivity contribution >= 4 is 0 Å². The molecule has 4 rings (SSSR count). The van der Waals surface area contributed by atoms with Crippen molar-refractivity contribution in [2.24, 2.45) is 0 Å². The predicted molar refractivity (Wildman–Crippen MR) is 82.1 cm³/mol. The van der Waals surface area contributed by atoms with E-state index in [1.807, 2.05) is 24.3 Å². The maximum Gasteiger partial charge on any atom is 0.135 e. The monoisotopic (exact) mass is 258 g/mol. The second-order valence-electron chi connectivity index (χ2n) is 5.14. The van der Waals surface area contributed by atoms with E-state index in [9.17, 15) is 0 Å². The Hall–Kier alpha value is -2.54. The molecule has 1 heteroatoms. The van der Waals surface area contributed by atoms with Gasteiger partial charge in [0.1, 0.15) is 11.5 Å². The minimum absolute atomic E-state index is 0.919. The van der Waals surface area contributed by atoms with Gasteiger partial charge in [-0.3, -0.25) is 0 Å². The van der Waals surface area contributed by atoms with E-state index in [2.05, 4.69) is 49.4 Å². The quantitative estimate of drug-likeness (QED) is 0.408. The zero-order valence-corrected chi connectivity index (χ0v) is 11.3. The highest BCUT2D eigenvalue weighted by Gasteiger charge is 2.19. The largest absolute Gasteiger partial charge is 0.456 e. The van der Waals surface area contributed by atoms with E-state index in [-0.39, 0.29) is 0 Å². The van der Waals surface area contributed by atoms with E-state index < -0.39 is 0 Å². The van der Waals surface area contributed by atoms with Crippen LogP contribution in [0.5, 0.6) is 11.5 Å². The average molecular weight is 258 g/mol. The molecule has 3 aromatic rings. The molecule has 0 amide bonds. The van der Waals surface area contributed by atoms with Crippen LogP contribution in [0, 0.1) is 6.92 Å². The lowest BCUT2D eigenvalue weighted by Gasteiger charge is -2.09. The number of hydrogen-bond acceptors (Lipinski definition) is 1. The summed E-state index contributed by atoms with van der Waals surface area (Å²) in [5.74, 6) is 1.84. The van der Waals surface area contributed by atoms with Crippen LogP contribution in [-0.4, -0.2) is 0 Å². The summed E-state index contributed by atoms with van der Waals surface area (Å²) in [6.07, 6.45) is 0. The highest BCUT2D eigenvalue weighted by Crippen LogP contribution is 2.46. The molecular formula is C19H14O. The standard InChI is InChI=1S/C19H14O/c1-13-10-11-14-15-6-2-4-8-18(15)20-19-9-5-3-7-16(19)17(14)12-13/h2-12H,1H3. The first-order valence-electron chi connectivity index (χ1n) is 6.80. The van der Waals surface area contributed by atoms with Gasteiger partial charge < -0.3 is 4.74 Å². The third-order valence-electron chi connectivity index (χ3n) is 3.75. The second-order valence-corrected chi connectivity index (χ2v) is 5.14. The van der Waals surface area contributed by atoms with E-state index >= 15 is 0 Å². The number of ether oxygens (including phenoxy) is 1. The molecule has 0 atom stereocenters.